The maximum atomic E-state index is 12.4. The van der Waals surface area contributed by atoms with Crippen LogP contribution in [-0.2, 0) is 9.59 Å². The van der Waals surface area contributed by atoms with Gasteiger partial charge >= 0.3 is 0 Å². The van der Waals surface area contributed by atoms with Gasteiger partial charge in [0.1, 0.15) is 0 Å². The summed E-state index contributed by atoms with van der Waals surface area (Å²) in [7, 11) is 0. The molecular formula is C14H27N3O2. The number of hydrogen-bond acceptors (Lipinski definition) is 3. The third-order valence-corrected chi connectivity index (χ3v) is 3.73. The van der Waals surface area contributed by atoms with Crippen LogP contribution in [0, 0.1) is 5.92 Å². The third kappa shape index (κ3) is 5.19. The summed E-state index contributed by atoms with van der Waals surface area (Å²) in [5.41, 5.74) is 10.9. The van der Waals surface area contributed by atoms with E-state index < -0.39 is 11.9 Å². The van der Waals surface area contributed by atoms with Gasteiger partial charge in [-0.05, 0) is 25.2 Å². The number of carbonyl (C=O) groups excluding carboxylic acids is 2. The molecule has 0 saturated heterocycles. The van der Waals surface area contributed by atoms with Gasteiger partial charge in [0, 0.05) is 12.6 Å². The van der Waals surface area contributed by atoms with Gasteiger partial charge in [-0.2, -0.15) is 0 Å². The summed E-state index contributed by atoms with van der Waals surface area (Å²) in [6.45, 7) is 5.01. The number of nitrogens with two attached hydrogens (primary N) is 2. The molecule has 1 aliphatic carbocycles. The van der Waals surface area contributed by atoms with Crippen molar-refractivity contribution < 1.29 is 9.59 Å². The Morgan fingerprint density at radius 1 is 1.26 bits per heavy atom. The number of amides is 2. The minimum Gasteiger partial charge on any atom is -0.370 e. The van der Waals surface area contributed by atoms with E-state index in [1.165, 1.54) is 12.8 Å². The quantitative estimate of drug-likeness (QED) is 0.722. The number of primary amides is 1. The Kier molecular flexibility index (Phi) is 6.28. The largest absolute Gasteiger partial charge is 0.370 e. The van der Waals surface area contributed by atoms with E-state index in [9.17, 15) is 9.59 Å². The van der Waals surface area contributed by atoms with Gasteiger partial charge in [-0.15, -0.1) is 0 Å². The van der Waals surface area contributed by atoms with Crippen LogP contribution in [0.25, 0.3) is 0 Å². The van der Waals surface area contributed by atoms with E-state index in [1.807, 2.05) is 4.90 Å². The highest BCUT2D eigenvalue weighted by Gasteiger charge is 2.30. The predicted molar refractivity (Wildman–Crippen MR) is 75.2 cm³/mol. The van der Waals surface area contributed by atoms with Gasteiger partial charge in [0.15, 0.2) is 0 Å². The van der Waals surface area contributed by atoms with Gasteiger partial charge < -0.3 is 16.4 Å². The van der Waals surface area contributed by atoms with Crippen molar-refractivity contribution in [2.75, 3.05) is 6.54 Å². The van der Waals surface area contributed by atoms with Crippen molar-refractivity contribution in [3.63, 3.8) is 0 Å². The summed E-state index contributed by atoms with van der Waals surface area (Å²) < 4.78 is 0. The first-order valence-corrected chi connectivity index (χ1v) is 7.26. The van der Waals surface area contributed by atoms with E-state index in [0.717, 1.165) is 25.8 Å². The van der Waals surface area contributed by atoms with Crippen LogP contribution < -0.4 is 11.5 Å². The Labute approximate surface area is 115 Å². The molecular weight excluding hydrogens is 242 g/mol. The summed E-state index contributed by atoms with van der Waals surface area (Å²) in [4.78, 5) is 25.2. The standard InChI is InChI=1S/C14H27N3O2/c1-10(2)7-8-17(11-5-3-4-6-11)14(19)12(15)9-13(16)18/h10-12H,3-9,15H2,1-2H3,(H2,16,18). The second kappa shape index (κ2) is 7.48. The molecule has 5 heteroatoms. The van der Waals surface area contributed by atoms with Gasteiger partial charge in [0.05, 0.1) is 12.5 Å². The molecule has 1 atom stereocenters. The fourth-order valence-corrected chi connectivity index (χ4v) is 2.60. The molecule has 0 aliphatic heterocycles. The Morgan fingerprint density at radius 2 is 1.84 bits per heavy atom. The lowest BCUT2D eigenvalue weighted by molar-refractivity contribution is -0.136. The van der Waals surface area contributed by atoms with Crippen molar-refractivity contribution in [1.29, 1.82) is 0 Å². The van der Waals surface area contributed by atoms with Crippen LogP contribution in [0.1, 0.15) is 52.4 Å². The molecule has 1 unspecified atom stereocenters. The zero-order chi connectivity index (χ0) is 14.4. The van der Waals surface area contributed by atoms with Crippen LogP contribution in [-0.4, -0.2) is 35.3 Å². The maximum Gasteiger partial charge on any atom is 0.240 e. The van der Waals surface area contributed by atoms with Crippen molar-refractivity contribution in [2.24, 2.45) is 17.4 Å². The van der Waals surface area contributed by atoms with Gasteiger partial charge in [0.25, 0.3) is 0 Å². The molecule has 0 bridgehead atoms. The first-order valence-electron chi connectivity index (χ1n) is 7.26. The van der Waals surface area contributed by atoms with Gasteiger partial charge in [-0.25, -0.2) is 0 Å². The maximum absolute atomic E-state index is 12.4. The van der Waals surface area contributed by atoms with Crippen LogP contribution in [0.4, 0.5) is 0 Å². The Hall–Kier alpha value is -1.10. The number of rotatable bonds is 7. The minimum atomic E-state index is -0.787. The zero-order valence-electron chi connectivity index (χ0n) is 12.1. The van der Waals surface area contributed by atoms with Gasteiger partial charge in [-0.3, -0.25) is 9.59 Å². The molecule has 2 amide bonds. The van der Waals surface area contributed by atoms with E-state index in [1.54, 1.807) is 0 Å². The molecule has 0 radical (unpaired) electrons. The van der Waals surface area contributed by atoms with Crippen LogP contribution in [0.2, 0.25) is 0 Å². The molecule has 19 heavy (non-hydrogen) atoms. The molecule has 0 aromatic rings. The summed E-state index contributed by atoms with van der Waals surface area (Å²) in [6, 6.07) is -0.490. The van der Waals surface area contributed by atoms with Gasteiger partial charge in [-0.1, -0.05) is 26.7 Å². The van der Waals surface area contributed by atoms with E-state index >= 15 is 0 Å². The van der Waals surface area contributed by atoms with Crippen molar-refractivity contribution >= 4 is 11.8 Å². The number of nitrogens with zero attached hydrogens (tertiary/aromatic N) is 1. The summed E-state index contributed by atoms with van der Waals surface area (Å²) >= 11 is 0. The predicted octanol–water partition coefficient (Wildman–Crippen LogP) is 1.01. The van der Waals surface area contributed by atoms with Gasteiger partial charge in [0.2, 0.25) is 11.8 Å². The summed E-state index contributed by atoms with van der Waals surface area (Å²) in [5.74, 6) is -0.0912. The normalized spacial score (nSPS) is 17.7. The number of carbonyl (C=O) groups is 2. The lowest BCUT2D eigenvalue weighted by Gasteiger charge is -2.31. The van der Waals surface area contributed by atoms with Crippen LogP contribution >= 0.6 is 0 Å². The second-order valence-corrected chi connectivity index (χ2v) is 5.93. The lowest BCUT2D eigenvalue weighted by atomic mass is 10.1. The lowest BCUT2D eigenvalue weighted by Crippen LogP contribution is -2.49. The van der Waals surface area contributed by atoms with E-state index in [0.29, 0.717) is 12.0 Å². The molecule has 0 spiro atoms. The molecule has 1 rings (SSSR count). The molecule has 0 aromatic carbocycles. The monoisotopic (exact) mass is 269 g/mol. The fraction of sp³-hybridized carbons (Fsp3) is 0.857. The highest BCUT2D eigenvalue weighted by molar-refractivity contribution is 5.87. The van der Waals surface area contributed by atoms with Crippen molar-refractivity contribution in [3.05, 3.63) is 0 Å². The molecule has 5 nitrogen and oxygen atoms in total. The van der Waals surface area contributed by atoms with Crippen LogP contribution in [0.3, 0.4) is 0 Å². The zero-order valence-corrected chi connectivity index (χ0v) is 12.1. The van der Waals surface area contributed by atoms with Crippen molar-refractivity contribution in [1.82, 2.24) is 4.90 Å². The molecule has 1 aliphatic rings. The first-order chi connectivity index (χ1) is 8.91. The topological polar surface area (TPSA) is 89.4 Å². The van der Waals surface area contributed by atoms with Crippen LogP contribution in [0.15, 0.2) is 0 Å². The SMILES string of the molecule is CC(C)CCN(C(=O)C(N)CC(N)=O)C1CCCC1. The molecule has 1 fully saturated rings. The molecule has 0 heterocycles. The Balaban J connectivity index is 2.65. The molecule has 0 aromatic heterocycles. The molecule has 4 N–H and O–H groups in total. The van der Waals surface area contributed by atoms with Crippen LogP contribution in [0.5, 0.6) is 0 Å². The van der Waals surface area contributed by atoms with E-state index in [-0.39, 0.29) is 12.3 Å². The highest BCUT2D eigenvalue weighted by atomic mass is 16.2. The summed E-state index contributed by atoms with van der Waals surface area (Å²) in [6.07, 6.45) is 5.33. The minimum absolute atomic E-state index is 0.0657. The average Bonchev–Trinajstić information content (AvgIpc) is 2.81. The van der Waals surface area contributed by atoms with Crippen molar-refractivity contribution in [2.45, 2.75) is 64.5 Å². The van der Waals surface area contributed by atoms with E-state index in [2.05, 4.69) is 13.8 Å². The average molecular weight is 269 g/mol. The fourth-order valence-electron chi connectivity index (χ4n) is 2.60. The smallest absolute Gasteiger partial charge is 0.240 e. The number of hydrogen-bond donors (Lipinski definition) is 2. The summed E-state index contributed by atoms with van der Waals surface area (Å²) in [5, 5.41) is 0. The van der Waals surface area contributed by atoms with E-state index in [4.69, 9.17) is 11.5 Å². The second-order valence-electron chi connectivity index (χ2n) is 5.93. The highest BCUT2D eigenvalue weighted by Crippen LogP contribution is 2.24. The Bertz CT molecular complexity index is 312. The Morgan fingerprint density at radius 3 is 2.32 bits per heavy atom. The molecule has 1 saturated carbocycles. The third-order valence-electron chi connectivity index (χ3n) is 3.73. The molecule has 110 valence electrons. The first kappa shape index (κ1) is 16.0. The van der Waals surface area contributed by atoms with Crippen molar-refractivity contribution in [3.8, 4) is 0 Å².